The van der Waals surface area contributed by atoms with Crippen LogP contribution in [0.25, 0.3) is 22.1 Å². The number of carbonyl (C=O) groups is 1. The fourth-order valence-corrected chi connectivity index (χ4v) is 4.47. The Morgan fingerprint density at radius 2 is 1.83 bits per heavy atom. The van der Waals surface area contributed by atoms with E-state index < -0.39 is 19.9 Å². The molecule has 4 aromatic rings. The summed E-state index contributed by atoms with van der Waals surface area (Å²) in [6.45, 7) is 6.41. The Kier molecular flexibility index (Phi) is 4.91. The first kappa shape index (κ1) is 19.8. The number of hydrogen-bond acceptors (Lipinski definition) is 4. The van der Waals surface area contributed by atoms with Crippen molar-refractivity contribution in [1.82, 2.24) is 4.98 Å². The third kappa shape index (κ3) is 3.59. The highest BCUT2D eigenvalue weighted by atomic mass is 28.3. The number of carboxylic acids is 1. The van der Waals surface area contributed by atoms with E-state index in [-0.39, 0.29) is 17.1 Å². The van der Waals surface area contributed by atoms with Gasteiger partial charge in [-0.25, -0.2) is 9.18 Å². The van der Waals surface area contributed by atoms with E-state index >= 15 is 0 Å². The van der Waals surface area contributed by atoms with Gasteiger partial charge in [-0.2, -0.15) is 0 Å². The number of hydrogen-bond donors (Lipinski definition) is 2. The summed E-state index contributed by atoms with van der Waals surface area (Å²) >= 11 is 0. The molecule has 2 aromatic heterocycles. The minimum atomic E-state index is -1.67. The summed E-state index contributed by atoms with van der Waals surface area (Å²) in [7, 11) is -1.67. The molecule has 0 amide bonds. The molecule has 0 saturated heterocycles. The van der Waals surface area contributed by atoms with Gasteiger partial charge in [-0.15, -0.1) is 0 Å². The first-order valence-corrected chi connectivity index (χ1v) is 13.0. The lowest BCUT2D eigenvalue weighted by Gasteiger charge is -2.17. The molecule has 0 spiro atoms. The van der Waals surface area contributed by atoms with Crippen LogP contribution >= 0.6 is 0 Å². The Bertz CT molecular complexity index is 1250. The van der Waals surface area contributed by atoms with Crippen LogP contribution in [0.1, 0.15) is 10.6 Å². The van der Waals surface area contributed by atoms with Crippen LogP contribution in [-0.2, 0) is 0 Å². The van der Waals surface area contributed by atoms with Crippen LogP contribution in [0.5, 0.6) is 0 Å². The van der Waals surface area contributed by atoms with Gasteiger partial charge in [-0.3, -0.25) is 4.98 Å². The van der Waals surface area contributed by atoms with Crippen molar-refractivity contribution in [2.45, 2.75) is 19.6 Å². The van der Waals surface area contributed by atoms with Gasteiger partial charge in [0, 0.05) is 18.0 Å². The predicted octanol–water partition coefficient (Wildman–Crippen LogP) is 5.62. The smallest absolute Gasteiger partial charge is 0.374 e. The summed E-state index contributed by atoms with van der Waals surface area (Å²) in [6, 6.07) is 14.5. The topological polar surface area (TPSA) is 75.4 Å². The molecular weight excluding hydrogens is 399 g/mol. The zero-order valence-electron chi connectivity index (χ0n) is 16.9. The largest absolute Gasteiger partial charge is 0.475 e. The number of aromatic nitrogens is 1. The number of nitrogens with zero attached hydrogens (tertiary/aromatic N) is 1. The molecule has 7 heteroatoms. The van der Waals surface area contributed by atoms with Crippen LogP contribution in [0.4, 0.5) is 15.8 Å². The molecule has 152 valence electrons. The highest BCUT2D eigenvalue weighted by Gasteiger charge is 2.24. The third-order valence-corrected chi connectivity index (χ3v) is 7.01. The van der Waals surface area contributed by atoms with E-state index in [0.717, 1.165) is 10.8 Å². The zero-order chi connectivity index (χ0) is 21.5. The molecule has 30 heavy (non-hydrogen) atoms. The molecule has 0 aliphatic carbocycles. The van der Waals surface area contributed by atoms with Crippen LogP contribution in [0.3, 0.4) is 0 Å². The molecule has 0 aliphatic heterocycles. The van der Waals surface area contributed by atoms with Crippen LogP contribution in [-0.4, -0.2) is 24.1 Å². The van der Waals surface area contributed by atoms with Gasteiger partial charge in [0.15, 0.2) is 0 Å². The van der Waals surface area contributed by atoms with Crippen LogP contribution in [0, 0.1) is 5.82 Å². The molecule has 0 fully saturated rings. The van der Waals surface area contributed by atoms with Crippen LogP contribution in [0.15, 0.2) is 65.3 Å². The lowest BCUT2D eigenvalue weighted by Crippen LogP contribution is -2.37. The summed E-state index contributed by atoms with van der Waals surface area (Å²) in [6.07, 6.45) is 3.15. The molecule has 0 aliphatic rings. The molecule has 5 nitrogen and oxygen atoms in total. The number of carboxylic acid groups (broad SMARTS) is 1. The van der Waals surface area contributed by atoms with Gasteiger partial charge in [0.05, 0.1) is 19.1 Å². The van der Waals surface area contributed by atoms with E-state index in [1.165, 1.54) is 12.3 Å². The average molecular weight is 421 g/mol. The lowest BCUT2D eigenvalue weighted by molar-refractivity contribution is 0.0666. The number of rotatable bonds is 5. The van der Waals surface area contributed by atoms with E-state index in [2.05, 4.69) is 29.9 Å². The number of aromatic carboxylic acids is 1. The highest BCUT2D eigenvalue weighted by Crippen LogP contribution is 2.38. The van der Waals surface area contributed by atoms with Crippen molar-refractivity contribution in [2.75, 3.05) is 5.32 Å². The second-order valence-electron chi connectivity index (χ2n) is 8.11. The van der Waals surface area contributed by atoms with Crippen molar-refractivity contribution in [3.63, 3.8) is 0 Å². The van der Waals surface area contributed by atoms with Crippen molar-refractivity contribution < 1.29 is 18.7 Å². The van der Waals surface area contributed by atoms with Gasteiger partial charge in [0.1, 0.15) is 17.1 Å². The van der Waals surface area contributed by atoms with Gasteiger partial charge >= 0.3 is 5.97 Å². The minimum Gasteiger partial charge on any atom is -0.475 e. The molecule has 0 saturated carbocycles. The monoisotopic (exact) mass is 420 g/mol. The number of furan rings is 1. The quantitative estimate of drug-likeness (QED) is 0.410. The van der Waals surface area contributed by atoms with E-state index in [1.54, 1.807) is 12.3 Å². The number of nitrogens with one attached hydrogen (secondary N) is 1. The van der Waals surface area contributed by atoms with Gasteiger partial charge in [-0.05, 0) is 17.7 Å². The Morgan fingerprint density at radius 1 is 1.10 bits per heavy atom. The van der Waals surface area contributed by atoms with E-state index in [1.807, 2.05) is 36.4 Å². The fourth-order valence-electron chi connectivity index (χ4n) is 3.33. The maximum atomic E-state index is 14.8. The minimum absolute atomic E-state index is 0.183. The first-order chi connectivity index (χ1) is 14.3. The Hall–Kier alpha value is -3.45. The molecule has 0 bridgehead atoms. The zero-order valence-corrected chi connectivity index (χ0v) is 17.9. The van der Waals surface area contributed by atoms with E-state index in [4.69, 9.17) is 4.42 Å². The first-order valence-electron chi connectivity index (χ1n) is 9.52. The van der Waals surface area contributed by atoms with Crippen molar-refractivity contribution in [2.24, 2.45) is 0 Å². The lowest BCUT2D eigenvalue weighted by atomic mass is 10.1. The Labute approximate surface area is 174 Å². The van der Waals surface area contributed by atoms with Crippen LogP contribution in [0.2, 0.25) is 19.6 Å². The number of halogens is 1. The van der Waals surface area contributed by atoms with Crippen molar-refractivity contribution in [1.29, 1.82) is 0 Å². The number of benzene rings is 2. The van der Waals surface area contributed by atoms with Gasteiger partial charge in [0.25, 0.3) is 0 Å². The second-order valence-corrected chi connectivity index (χ2v) is 13.2. The average Bonchev–Trinajstić information content (AvgIpc) is 3.08. The van der Waals surface area contributed by atoms with Crippen molar-refractivity contribution >= 4 is 41.6 Å². The van der Waals surface area contributed by atoms with Crippen molar-refractivity contribution in [3.8, 4) is 11.1 Å². The molecule has 2 N–H and O–H groups in total. The van der Waals surface area contributed by atoms with E-state index in [9.17, 15) is 14.3 Å². The molecule has 4 rings (SSSR count). The molecular formula is C23H21FN2O3Si. The predicted molar refractivity (Wildman–Crippen MR) is 119 cm³/mol. The maximum absolute atomic E-state index is 14.8. The third-order valence-electron chi connectivity index (χ3n) is 4.97. The molecule has 0 unspecified atom stereocenters. The summed E-state index contributed by atoms with van der Waals surface area (Å²) < 4.78 is 20.5. The Balaban J connectivity index is 1.85. The highest BCUT2D eigenvalue weighted by molar-refractivity contribution is 6.88. The SMILES string of the molecule is C[Si](C)(C)c1ccc(Nc2c(C(=O)O)oc3c(-c4ccccc4)cncc23)c(F)c1. The van der Waals surface area contributed by atoms with Gasteiger partial charge in [-0.1, -0.05) is 61.2 Å². The number of fused-ring (bicyclic) bond motifs is 1. The molecule has 0 radical (unpaired) electrons. The molecule has 0 atom stereocenters. The fraction of sp³-hybridized carbons (Fsp3) is 0.130. The normalized spacial score (nSPS) is 11.6. The van der Waals surface area contributed by atoms with Gasteiger partial charge < -0.3 is 14.8 Å². The summed E-state index contributed by atoms with van der Waals surface area (Å²) in [5.74, 6) is -1.97. The molecule has 2 heterocycles. The summed E-state index contributed by atoms with van der Waals surface area (Å²) in [5, 5.41) is 14.1. The van der Waals surface area contributed by atoms with Gasteiger partial charge in [0.2, 0.25) is 5.76 Å². The van der Waals surface area contributed by atoms with Crippen molar-refractivity contribution in [3.05, 3.63) is 72.5 Å². The molecule has 2 aromatic carbocycles. The Morgan fingerprint density at radius 3 is 2.47 bits per heavy atom. The number of anilines is 2. The van der Waals surface area contributed by atoms with E-state index in [0.29, 0.717) is 16.5 Å². The summed E-state index contributed by atoms with van der Waals surface area (Å²) in [4.78, 5) is 16.1. The second kappa shape index (κ2) is 7.42. The summed E-state index contributed by atoms with van der Waals surface area (Å²) in [5.41, 5.74) is 2.27. The standard InChI is InChI=1S/C23H21FN2O3Si/c1-30(2,3)15-9-10-19(18(24)11-15)26-20-17-13-25-12-16(14-7-5-4-6-8-14)21(17)29-22(20)23(27)28/h4-13,26H,1-3H3,(H,27,28). The van der Waals surface area contributed by atoms with Crippen LogP contribution < -0.4 is 10.5 Å². The number of pyridine rings is 1. The maximum Gasteiger partial charge on any atom is 0.374 e.